The van der Waals surface area contributed by atoms with Gasteiger partial charge in [0.2, 0.25) is 0 Å². The summed E-state index contributed by atoms with van der Waals surface area (Å²) in [5.74, 6) is 0.0423. The summed E-state index contributed by atoms with van der Waals surface area (Å²) in [7, 11) is 0. The second-order valence-corrected chi connectivity index (χ2v) is 6.18. The molecule has 0 unspecified atom stereocenters. The molecule has 0 saturated carbocycles. The number of nitrogens with zero attached hydrogens (tertiary/aromatic N) is 2. The first kappa shape index (κ1) is 17.0. The first-order chi connectivity index (χ1) is 11.7. The Balaban J connectivity index is 1.53. The number of aliphatic hydroxyl groups excluding tert-OH is 1. The molecule has 1 aromatic carbocycles. The topological polar surface area (TPSA) is 68.8 Å². The summed E-state index contributed by atoms with van der Waals surface area (Å²) in [6.07, 6.45) is -0.471. The predicted molar refractivity (Wildman–Crippen MR) is 93.1 cm³/mol. The van der Waals surface area contributed by atoms with Crippen LogP contribution in [0.4, 0.5) is 0 Å². The van der Waals surface area contributed by atoms with Gasteiger partial charge in [-0.3, -0.25) is 9.69 Å². The fourth-order valence-electron chi connectivity index (χ4n) is 3.10. The summed E-state index contributed by atoms with van der Waals surface area (Å²) in [6, 6.07) is 9.82. The Kier molecular flexibility index (Phi) is 5.50. The summed E-state index contributed by atoms with van der Waals surface area (Å²) in [4.78, 5) is 19.9. The second-order valence-electron chi connectivity index (χ2n) is 6.18. The average Bonchev–Trinajstić information content (AvgIpc) is 3.04. The molecule has 1 atom stereocenters. The van der Waals surface area contributed by atoms with Crippen molar-refractivity contribution in [1.29, 1.82) is 0 Å². The molecule has 6 nitrogen and oxygen atoms in total. The molecular formula is C18H25N3O3. The third kappa shape index (κ3) is 3.95. The van der Waals surface area contributed by atoms with Crippen LogP contribution in [0, 0.1) is 0 Å². The zero-order valence-corrected chi connectivity index (χ0v) is 14.1. The number of hydrogen-bond donors (Lipinski definition) is 2. The number of aliphatic hydroxyl groups is 1. The van der Waals surface area contributed by atoms with Gasteiger partial charge in [0, 0.05) is 50.2 Å². The number of hydrogen-bond acceptors (Lipinski definition) is 4. The van der Waals surface area contributed by atoms with Gasteiger partial charge in [-0.05, 0) is 19.1 Å². The Labute approximate surface area is 142 Å². The van der Waals surface area contributed by atoms with Crippen molar-refractivity contribution in [2.24, 2.45) is 0 Å². The quantitative estimate of drug-likeness (QED) is 0.838. The van der Waals surface area contributed by atoms with Gasteiger partial charge in [0.25, 0.3) is 5.91 Å². The highest BCUT2D eigenvalue weighted by Crippen LogP contribution is 2.17. The van der Waals surface area contributed by atoms with Gasteiger partial charge in [-0.2, -0.15) is 0 Å². The smallest absolute Gasteiger partial charge is 0.270 e. The summed E-state index contributed by atoms with van der Waals surface area (Å²) >= 11 is 0. The van der Waals surface area contributed by atoms with Crippen LogP contribution in [0.1, 0.15) is 17.4 Å². The Morgan fingerprint density at radius 3 is 2.75 bits per heavy atom. The number of amides is 1. The molecule has 2 heterocycles. The monoisotopic (exact) mass is 331 g/mol. The van der Waals surface area contributed by atoms with Crippen LogP contribution in [0.3, 0.4) is 0 Å². The highest BCUT2D eigenvalue weighted by atomic mass is 16.5. The van der Waals surface area contributed by atoms with E-state index < -0.39 is 6.10 Å². The highest BCUT2D eigenvalue weighted by Gasteiger charge is 2.24. The van der Waals surface area contributed by atoms with Crippen LogP contribution in [-0.4, -0.2) is 77.8 Å². The molecule has 2 N–H and O–H groups in total. The van der Waals surface area contributed by atoms with Crippen LogP contribution in [0.2, 0.25) is 0 Å². The van der Waals surface area contributed by atoms with Crippen LogP contribution >= 0.6 is 0 Å². The zero-order valence-electron chi connectivity index (χ0n) is 14.1. The minimum Gasteiger partial charge on any atom is -0.389 e. The van der Waals surface area contributed by atoms with Crippen LogP contribution in [0.5, 0.6) is 0 Å². The zero-order chi connectivity index (χ0) is 16.9. The number of carbonyl (C=O) groups is 1. The maximum Gasteiger partial charge on any atom is 0.270 e. The SMILES string of the molecule is CCOC[C@H](O)CN1CCN(C(=O)c2cc3ccccc3[nH]2)CC1. The fourth-order valence-corrected chi connectivity index (χ4v) is 3.10. The molecule has 1 amide bonds. The van der Waals surface area contributed by atoms with Crippen molar-refractivity contribution in [2.45, 2.75) is 13.0 Å². The lowest BCUT2D eigenvalue weighted by molar-refractivity contribution is 0.0110. The van der Waals surface area contributed by atoms with E-state index in [0.29, 0.717) is 38.5 Å². The van der Waals surface area contributed by atoms with E-state index in [1.54, 1.807) is 0 Å². The number of para-hydroxylation sites is 1. The normalized spacial score (nSPS) is 17.3. The van der Waals surface area contributed by atoms with Gasteiger partial charge >= 0.3 is 0 Å². The van der Waals surface area contributed by atoms with Crippen molar-refractivity contribution in [2.75, 3.05) is 45.9 Å². The molecule has 0 spiro atoms. The van der Waals surface area contributed by atoms with E-state index in [1.165, 1.54) is 0 Å². The number of H-pyrrole nitrogens is 1. The van der Waals surface area contributed by atoms with Crippen molar-refractivity contribution in [3.63, 3.8) is 0 Å². The average molecular weight is 331 g/mol. The Bertz CT molecular complexity index is 644. The van der Waals surface area contributed by atoms with Crippen molar-refractivity contribution in [3.05, 3.63) is 36.0 Å². The number of ether oxygens (including phenoxy) is 1. The Morgan fingerprint density at radius 2 is 2.04 bits per heavy atom. The van der Waals surface area contributed by atoms with Gasteiger partial charge in [0.1, 0.15) is 5.69 Å². The molecular weight excluding hydrogens is 306 g/mol. The van der Waals surface area contributed by atoms with Crippen LogP contribution in [0.15, 0.2) is 30.3 Å². The molecule has 1 aliphatic heterocycles. The third-order valence-corrected chi connectivity index (χ3v) is 4.40. The standard InChI is InChI=1S/C18H25N3O3/c1-2-24-13-15(22)12-20-7-9-21(10-8-20)18(23)17-11-14-5-3-4-6-16(14)19-17/h3-6,11,15,19,22H,2,7-10,12-13H2,1H3/t15-/m1/s1. The maximum absolute atomic E-state index is 12.6. The number of rotatable bonds is 6. The Morgan fingerprint density at radius 1 is 1.29 bits per heavy atom. The maximum atomic E-state index is 12.6. The lowest BCUT2D eigenvalue weighted by Crippen LogP contribution is -2.50. The first-order valence-electron chi connectivity index (χ1n) is 8.52. The molecule has 3 rings (SSSR count). The molecule has 0 bridgehead atoms. The van der Waals surface area contributed by atoms with Crippen molar-refractivity contribution < 1.29 is 14.6 Å². The highest BCUT2D eigenvalue weighted by molar-refractivity contribution is 5.98. The van der Waals surface area contributed by atoms with E-state index in [-0.39, 0.29) is 5.91 Å². The minimum atomic E-state index is -0.471. The van der Waals surface area contributed by atoms with E-state index in [9.17, 15) is 9.90 Å². The van der Waals surface area contributed by atoms with Crippen LogP contribution in [-0.2, 0) is 4.74 Å². The number of aromatic amines is 1. The Hall–Kier alpha value is -1.89. The summed E-state index contributed by atoms with van der Waals surface area (Å²) in [5.41, 5.74) is 1.62. The number of aromatic nitrogens is 1. The number of fused-ring (bicyclic) bond motifs is 1. The van der Waals surface area contributed by atoms with Gasteiger partial charge in [0.05, 0.1) is 12.7 Å². The van der Waals surface area contributed by atoms with E-state index in [4.69, 9.17) is 4.74 Å². The number of benzene rings is 1. The molecule has 6 heteroatoms. The van der Waals surface area contributed by atoms with E-state index >= 15 is 0 Å². The number of β-amino-alcohol motifs (C(OH)–C–C–N with tert-alkyl or cyclic N) is 1. The summed E-state index contributed by atoms with van der Waals surface area (Å²) in [6.45, 7) is 6.39. The van der Waals surface area contributed by atoms with E-state index in [1.807, 2.05) is 42.2 Å². The molecule has 0 radical (unpaired) electrons. The van der Waals surface area contributed by atoms with Gasteiger partial charge < -0.3 is 19.7 Å². The van der Waals surface area contributed by atoms with Crippen LogP contribution < -0.4 is 0 Å². The molecule has 24 heavy (non-hydrogen) atoms. The summed E-state index contributed by atoms with van der Waals surface area (Å²) < 4.78 is 5.24. The molecule has 1 fully saturated rings. The van der Waals surface area contributed by atoms with Gasteiger partial charge in [-0.15, -0.1) is 0 Å². The molecule has 1 aliphatic rings. The molecule has 2 aromatic rings. The number of piperazine rings is 1. The number of carbonyl (C=O) groups excluding carboxylic acids is 1. The third-order valence-electron chi connectivity index (χ3n) is 4.40. The van der Waals surface area contributed by atoms with E-state index in [2.05, 4.69) is 9.88 Å². The first-order valence-corrected chi connectivity index (χ1v) is 8.52. The van der Waals surface area contributed by atoms with Gasteiger partial charge in [0.15, 0.2) is 0 Å². The summed E-state index contributed by atoms with van der Waals surface area (Å²) in [5, 5.41) is 11.0. The molecule has 0 aliphatic carbocycles. The minimum absolute atomic E-state index is 0.0423. The van der Waals surface area contributed by atoms with Gasteiger partial charge in [-0.25, -0.2) is 0 Å². The molecule has 1 saturated heterocycles. The van der Waals surface area contributed by atoms with Crippen molar-refractivity contribution in [1.82, 2.24) is 14.8 Å². The lowest BCUT2D eigenvalue weighted by Gasteiger charge is -2.35. The van der Waals surface area contributed by atoms with Gasteiger partial charge in [-0.1, -0.05) is 18.2 Å². The van der Waals surface area contributed by atoms with E-state index in [0.717, 1.165) is 24.0 Å². The van der Waals surface area contributed by atoms with Crippen molar-refractivity contribution >= 4 is 16.8 Å². The number of nitrogens with one attached hydrogen (secondary N) is 1. The lowest BCUT2D eigenvalue weighted by atomic mass is 10.2. The fraction of sp³-hybridized carbons (Fsp3) is 0.500. The predicted octanol–water partition coefficient (Wildman–Crippen LogP) is 1.32. The molecule has 130 valence electrons. The molecule has 1 aromatic heterocycles. The van der Waals surface area contributed by atoms with Crippen molar-refractivity contribution in [3.8, 4) is 0 Å². The second kappa shape index (κ2) is 7.79. The largest absolute Gasteiger partial charge is 0.389 e. The van der Waals surface area contributed by atoms with Crippen LogP contribution in [0.25, 0.3) is 10.9 Å².